The van der Waals surface area contributed by atoms with Gasteiger partial charge in [0.15, 0.2) is 5.69 Å². The highest BCUT2D eigenvalue weighted by atomic mass is 32.1. The number of thiophene rings is 1. The van der Waals surface area contributed by atoms with Crippen molar-refractivity contribution < 1.29 is 13.9 Å². The molecule has 0 spiro atoms. The number of anilines is 1. The number of benzene rings is 2. The largest absolute Gasteiger partial charge is 0.494 e. The van der Waals surface area contributed by atoms with Gasteiger partial charge in [-0.15, -0.1) is 11.3 Å². The molecule has 0 unspecified atom stereocenters. The van der Waals surface area contributed by atoms with E-state index in [0.29, 0.717) is 23.6 Å². The van der Waals surface area contributed by atoms with Gasteiger partial charge in [-0.25, -0.2) is 4.39 Å². The molecule has 4 aromatic rings. The minimum Gasteiger partial charge on any atom is -0.494 e. The molecule has 2 aromatic heterocycles. The van der Waals surface area contributed by atoms with Crippen LogP contribution in [0.2, 0.25) is 0 Å². The van der Waals surface area contributed by atoms with Crippen molar-refractivity contribution >= 4 is 22.9 Å². The number of halogens is 1. The van der Waals surface area contributed by atoms with E-state index in [1.807, 2.05) is 54.8 Å². The average molecular weight is 419 g/mol. The molecular weight excluding hydrogens is 401 g/mol. The van der Waals surface area contributed by atoms with Gasteiger partial charge < -0.3 is 4.74 Å². The number of amides is 1. The Morgan fingerprint density at radius 1 is 1.17 bits per heavy atom. The lowest BCUT2D eigenvalue weighted by Gasteiger charge is -2.26. The second-order valence-electron chi connectivity index (χ2n) is 6.90. The number of carbonyl (C=O) groups is 1. The van der Waals surface area contributed by atoms with Crippen LogP contribution >= 0.6 is 11.3 Å². The number of carbonyl (C=O) groups excluding carboxylic acids is 1. The maximum absolute atomic E-state index is 14.1. The number of ether oxygens (including phenoxy) is 1. The van der Waals surface area contributed by atoms with Gasteiger partial charge in [-0.3, -0.25) is 14.8 Å². The van der Waals surface area contributed by atoms with Crippen LogP contribution in [0.3, 0.4) is 0 Å². The van der Waals surface area contributed by atoms with Gasteiger partial charge in [0, 0.05) is 11.3 Å². The Morgan fingerprint density at radius 3 is 2.70 bits per heavy atom. The average Bonchev–Trinajstić information content (AvgIpc) is 3.47. The van der Waals surface area contributed by atoms with Crippen LogP contribution in [0.4, 0.5) is 10.1 Å². The SMILES string of the molecule is CCOc1ccc(N2C(=O)c3n[nH]c(-c4cccs4)c3[C@H]2c2cccc(F)c2)cc1. The van der Waals surface area contributed by atoms with Crippen molar-refractivity contribution in [3.05, 3.63) is 88.7 Å². The monoisotopic (exact) mass is 419 g/mol. The van der Waals surface area contributed by atoms with E-state index in [0.717, 1.165) is 21.9 Å². The zero-order valence-corrected chi connectivity index (χ0v) is 16.9. The van der Waals surface area contributed by atoms with Gasteiger partial charge in [0.05, 0.1) is 23.2 Å². The van der Waals surface area contributed by atoms with Gasteiger partial charge in [0.25, 0.3) is 5.91 Å². The molecule has 1 N–H and O–H groups in total. The van der Waals surface area contributed by atoms with Gasteiger partial charge in [0.2, 0.25) is 0 Å². The van der Waals surface area contributed by atoms with Crippen LogP contribution in [0.5, 0.6) is 5.75 Å². The van der Waals surface area contributed by atoms with Crippen molar-refractivity contribution in [2.45, 2.75) is 13.0 Å². The van der Waals surface area contributed by atoms with Crippen LogP contribution < -0.4 is 9.64 Å². The molecule has 7 heteroatoms. The molecule has 1 aliphatic heterocycles. The Balaban J connectivity index is 1.67. The molecule has 0 radical (unpaired) electrons. The summed E-state index contributed by atoms with van der Waals surface area (Å²) in [5.41, 5.74) is 3.31. The molecule has 1 amide bonds. The smallest absolute Gasteiger partial charge is 0.280 e. The summed E-state index contributed by atoms with van der Waals surface area (Å²) in [5.74, 6) is 0.164. The highest BCUT2D eigenvalue weighted by Crippen LogP contribution is 2.45. The standard InChI is InChI=1S/C23H18FN3O2S/c1-2-29-17-10-8-16(9-11-17)27-22(14-5-3-6-15(24)13-14)19-20(18-7-4-12-30-18)25-26-21(19)23(27)28/h3-13,22H,2H2,1H3,(H,25,26)/t22-/m1/s1. The maximum atomic E-state index is 14.1. The third-order valence-electron chi connectivity index (χ3n) is 5.11. The molecular formula is C23H18FN3O2S. The first-order chi connectivity index (χ1) is 14.7. The van der Waals surface area contributed by atoms with Crippen LogP contribution in [-0.2, 0) is 0 Å². The Kier molecular flexibility index (Phi) is 4.59. The van der Waals surface area contributed by atoms with Crippen molar-refractivity contribution in [1.82, 2.24) is 10.2 Å². The number of hydrogen-bond acceptors (Lipinski definition) is 4. The molecule has 0 saturated heterocycles. The van der Waals surface area contributed by atoms with Gasteiger partial charge in [-0.1, -0.05) is 18.2 Å². The minimum absolute atomic E-state index is 0.220. The fourth-order valence-corrected chi connectivity index (χ4v) is 4.61. The fraction of sp³-hybridized carbons (Fsp3) is 0.130. The molecule has 2 aromatic carbocycles. The quantitative estimate of drug-likeness (QED) is 0.470. The maximum Gasteiger partial charge on any atom is 0.280 e. The first-order valence-corrected chi connectivity index (χ1v) is 10.5. The molecule has 1 atom stereocenters. The number of aromatic nitrogens is 2. The van der Waals surface area contributed by atoms with Gasteiger partial charge in [-0.05, 0) is 60.3 Å². The second kappa shape index (κ2) is 7.42. The highest BCUT2D eigenvalue weighted by molar-refractivity contribution is 7.13. The molecule has 0 aliphatic carbocycles. The molecule has 30 heavy (non-hydrogen) atoms. The predicted octanol–water partition coefficient (Wildman–Crippen LogP) is 5.43. The number of H-pyrrole nitrogens is 1. The zero-order chi connectivity index (χ0) is 20.7. The van der Waals surface area contributed by atoms with Crippen molar-refractivity contribution in [2.75, 3.05) is 11.5 Å². The van der Waals surface area contributed by atoms with Gasteiger partial charge in [-0.2, -0.15) is 5.10 Å². The number of rotatable bonds is 5. The lowest BCUT2D eigenvalue weighted by molar-refractivity contribution is 0.0988. The van der Waals surface area contributed by atoms with Crippen LogP contribution in [0.1, 0.15) is 34.6 Å². The molecule has 1 aliphatic rings. The lowest BCUT2D eigenvalue weighted by Crippen LogP contribution is -2.29. The Morgan fingerprint density at radius 2 is 2.00 bits per heavy atom. The molecule has 0 fully saturated rings. The minimum atomic E-state index is -0.489. The highest BCUT2D eigenvalue weighted by Gasteiger charge is 2.43. The van der Waals surface area contributed by atoms with E-state index in [2.05, 4.69) is 10.2 Å². The van der Waals surface area contributed by atoms with Gasteiger partial charge in [0.1, 0.15) is 11.6 Å². The van der Waals surface area contributed by atoms with Crippen molar-refractivity contribution in [2.24, 2.45) is 0 Å². The van der Waals surface area contributed by atoms with Crippen molar-refractivity contribution in [3.8, 4) is 16.3 Å². The van der Waals surface area contributed by atoms with Gasteiger partial charge >= 0.3 is 0 Å². The summed E-state index contributed by atoms with van der Waals surface area (Å²) in [4.78, 5) is 16.0. The van der Waals surface area contributed by atoms with Crippen LogP contribution in [-0.4, -0.2) is 22.7 Å². The molecule has 5 nitrogen and oxygen atoms in total. The topological polar surface area (TPSA) is 58.2 Å². The Labute approximate surface area is 176 Å². The normalized spacial score (nSPS) is 15.5. The molecule has 150 valence electrons. The number of fused-ring (bicyclic) bond motifs is 1. The third kappa shape index (κ3) is 2.98. The van der Waals surface area contributed by atoms with Crippen molar-refractivity contribution in [1.29, 1.82) is 0 Å². The molecule has 5 rings (SSSR count). The number of nitrogens with zero attached hydrogens (tertiary/aromatic N) is 2. The van der Waals surface area contributed by atoms with E-state index in [1.54, 1.807) is 22.3 Å². The predicted molar refractivity (Wildman–Crippen MR) is 115 cm³/mol. The summed E-state index contributed by atoms with van der Waals surface area (Å²) in [6, 6.07) is 17.2. The second-order valence-corrected chi connectivity index (χ2v) is 7.85. The number of nitrogens with one attached hydrogen (secondary N) is 1. The van der Waals surface area contributed by atoms with Crippen molar-refractivity contribution in [3.63, 3.8) is 0 Å². The summed E-state index contributed by atoms with van der Waals surface area (Å²) in [7, 11) is 0. The van der Waals surface area contributed by atoms with Crippen LogP contribution in [0, 0.1) is 5.82 Å². The Hall–Kier alpha value is -3.45. The fourth-order valence-electron chi connectivity index (χ4n) is 3.88. The first kappa shape index (κ1) is 18.6. The van der Waals surface area contributed by atoms with E-state index in [9.17, 15) is 9.18 Å². The number of hydrogen-bond donors (Lipinski definition) is 1. The number of aromatic amines is 1. The summed E-state index contributed by atoms with van der Waals surface area (Å²) in [6.07, 6.45) is 0. The molecule has 3 heterocycles. The summed E-state index contributed by atoms with van der Waals surface area (Å²) in [6.45, 7) is 2.48. The summed E-state index contributed by atoms with van der Waals surface area (Å²) >= 11 is 1.56. The zero-order valence-electron chi connectivity index (χ0n) is 16.1. The van der Waals surface area contributed by atoms with E-state index in [-0.39, 0.29) is 11.7 Å². The van der Waals surface area contributed by atoms with E-state index in [1.165, 1.54) is 12.1 Å². The van der Waals surface area contributed by atoms with E-state index in [4.69, 9.17) is 4.74 Å². The lowest BCUT2D eigenvalue weighted by atomic mass is 9.98. The molecule has 0 saturated carbocycles. The third-order valence-corrected chi connectivity index (χ3v) is 6.00. The first-order valence-electron chi connectivity index (χ1n) is 9.61. The summed E-state index contributed by atoms with van der Waals surface area (Å²) in [5, 5.41) is 9.32. The van der Waals surface area contributed by atoms with Crippen LogP contribution in [0.15, 0.2) is 66.0 Å². The Bertz CT molecular complexity index is 1200. The van der Waals surface area contributed by atoms with Crippen LogP contribution in [0.25, 0.3) is 10.6 Å². The van der Waals surface area contributed by atoms with E-state index >= 15 is 0 Å². The van der Waals surface area contributed by atoms with E-state index < -0.39 is 6.04 Å². The summed E-state index contributed by atoms with van der Waals surface area (Å²) < 4.78 is 19.6. The molecule has 0 bridgehead atoms.